The van der Waals surface area contributed by atoms with Crippen LogP contribution in [0.1, 0.15) is 41.5 Å². The molecule has 1 atom stereocenters. The van der Waals surface area contributed by atoms with E-state index in [0.29, 0.717) is 12.5 Å². The van der Waals surface area contributed by atoms with Crippen molar-refractivity contribution in [2.45, 2.75) is 38.6 Å². The topological polar surface area (TPSA) is 66.9 Å². The van der Waals surface area contributed by atoms with Gasteiger partial charge in [0.25, 0.3) is 0 Å². The first-order chi connectivity index (χ1) is 13.2. The van der Waals surface area contributed by atoms with Crippen molar-refractivity contribution < 1.29 is 4.74 Å². The summed E-state index contributed by atoms with van der Waals surface area (Å²) in [7, 11) is 1.70. The molecule has 3 heterocycles. The number of aromatic amines is 1. The van der Waals surface area contributed by atoms with E-state index in [9.17, 15) is 0 Å². The van der Waals surface area contributed by atoms with Crippen molar-refractivity contribution in [1.82, 2.24) is 24.8 Å². The zero-order valence-corrected chi connectivity index (χ0v) is 16.1. The molecule has 1 unspecified atom stereocenters. The van der Waals surface area contributed by atoms with Crippen molar-refractivity contribution in [2.24, 2.45) is 0 Å². The second kappa shape index (κ2) is 8.15. The van der Waals surface area contributed by atoms with Gasteiger partial charge in [-0.15, -0.1) is 0 Å². The number of likely N-dealkylation sites (tertiary alicyclic amines) is 1. The highest BCUT2D eigenvalue weighted by Crippen LogP contribution is 2.28. The zero-order chi connectivity index (χ0) is 18.6. The van der Waals surface area contributed by atoms with Crippen LogP contribution in [-0.4, -0.2) is 51.6 Å². The third-order valence-corrected chi connectivity index (χ3v) is 5.32. The number of nitrogens with zero attached hydrogens (tertiary/aromatic N) is 4. The summed E-state index contributed by atoms with van der Waals surface area (Å²) in [6.07, 6.45) is 7.03. The molecule has 0 amide bonds. The summed E-state index contributed by atoms with van der Waals surface area (Å²) in [4.78, 5) is 19.9. The van der Waals surface area contributed by atoms with Gasteiger partial charge in [-0.05, 0) is 37.9 Å². The predicted octanol–water partition coefficient (Wildman–Crippen LogP) is 3.23. The van der Waals surface area contributed by atoms with Crippen LogP contribution in [0.15, 0.2) is 30.6 Å². The maximum Gasteiger partial charge on any atom is 0.130 e. The van der Waals surface area contributed by atoms with Crippen LogP contribution in [0.2, 0.25) is 0 Å². The van der Waals surface area contributed by atoms with Crippen LogP contribution in [0.3, 0.4) is 0 Å². The number of fused-ring (bicyclic) bond motifs is 1. The van der Waals surface area contributed by atoms with E-state index in [2.05, 4.69) is 45.0 Å². The maximum atomic E-state index is 5.08. The van der Waals surface area contributed by atoms with Gasteiger partial charge >= 0.3 is 0 Å². The molecule has 1 fully saturated rings. The standard InChI is InChI=1S/C21H27N5O/c1-15-5-3-7-18-20(15)25-21(24-18)17-6-4-9-26(14-17)13-16-11-22-19(23-12-16)8-10-27-2/h3,5,7,11-12,17H,4,6,8-10,13-14H2,1-2H3,(H,24,25). The van der Waals surface area contributed by atoms with E-state index >= 15 is 0 Å². The fourth-order valence-corrected chi connectivity index (χ4v) is 3.85. The van der Waals surface area contributed by atoms with Crippen molar-refractivity contribution in [3.8, 4) is 0 Å². The number of ether oxygens (including phenoxy) is 1. The van der Waals surface area contributed by atoms with Crippen LogP contribution in [0.4, 0.5) is 0 Å². The van der Waals surface area contributed by atoms with Gasteiger partial charge in [0.1, 0.15) is 11.6 Å². The third kappa shape index (κ3) is 4.17. The van der Waals surface area contributed by atoms with E-state index in [0.717, 1.165) is 54.3 Å². The lowest BCUT2D eigenvalue weighted by molar-refractivity contribution is 0.196. The number of aromatic nitrogens is 4. The van der Waals surface area contributed by atoms with Crippen LogP contribution in [0.5, 0.6) is 0 Å². The average molecular weight is 365 g/mol. The SMILES string of the molecule is COCCc1ncc(CN2CCCC(c3nc4c(C)cccc4[nH]3)C2)cn1. The quantitative estimate of drug-likeness (QED) is 0.726. The molecule has 2 aromatic heterocycles. The lowest BCUT2D eigenvalue weighted by Crippen LogP contribution is -2.34. The Morgan fingerprint density at radius 3 is 2.89 bits per heavy atom. The number of para-hydroxylation sites is 1. The lowest BCUT2D eigenvalue weighted by Gasteiger charge is -2.31. The number of rotatable bonds is 6. The number of methoxy groups -OCH3 is 1. The van der Waals surface area contributed by atoms with Gasteiger partial charge in [-0.25, -0.2) is 15.0 Å². The molecule has 0 saturated carbocycles. The molecule has 1 aliphatic rings. The van der Waals surface area contributed by atoms with Crippen LogP contribution in [-0.2, 0) is 17.7 Å². The second-order valence-electron chi connectivity index (χ2n) is 7.42. The first kappa shape index (κ1) is 18.1. The monoisotopic (exact) mass is 365 g/mol. The fraction of sp³-hybridized carbons (Fsp3) is 0.476. The van der Waals surface area contributed by atoms with Crippen molar-refractivity contribution in [1.29, 1.82) is 0 Å². The highest BCUT2D eigenvalue weighted by molar-refractivity contribution is 5.78. The molecule has 6 nitrogen and oxygen atoms in total. The highest BCUT2D eigenvalue weighted by Gasteiger charge is 2.24. The molecule has 4 rings (SSSR count). The Balaban J connectivity index is 1.42. The summed E-state index contributed by atoms with van der Waals surface area (Å²) < 4.78 is 5.08. The van der Waals surface area contributed by atoms with Crippen LogP contribution in [0, 0.1) is 6.92 Å². The smallest absolute Gasteiger partial charge is 0.130 e. The zero-order valence-electron chi connectivity index (χ0n) is 16.1. The number of benzene rings is 1. The molecule has 0 radical (unpaired) electrons. The average Bonchev–Trinajstić information content (AvgIpc) is 3.14. The Bertz CT molecular complexity index is 889. The Morgan fingerprint density at radius 2 is 2.11 bits per heavy atom. The van der Waals surface area contributed by atoms with E-state index in [-0.39, 0.29) is 0 Å². The molecule has 1 N–H and O–H groups in total. The van der Waals surface area contributed by atoms with Gasteiger partial charge in [0.2, 0.25) is 0 Å². The summed E-state index contributed by atoms with van der Waals surface area (Å²) >= 11 is 0. The summed E-state index contributed by atoms with van der Waals surface area (Å²) in [6.45, 7) is 5.80. The van der Waals surface area contributed by atoms with E-state index in [1.165, 1.54) is 18.4 Å². The number of piperidine rings is 1. The molecule has 142 valence electrons. The fourth-order valence-electron chi connectivity index (χ4n) is 3.85. The van der Waals surface area contributed by atoms with Crippen LogP contribution < -0.4 is 0 Å². The number of aryl methyl sites for hydroxylation is 1. The Kier molecular flexibility index (Phi) is 5.45. The first-order valence-corrected chi connectivity index (χ1v) is 9.69. The van der Waals surface area contributed by atoms with Gasteiger partial charge in [0.15, 0.2) is 0 Å². The number of imidazole rings is 1. The molecule has 1 aliphatic heterocycles. The summed E-state index contributed by atoms with van der Waals surface area (Å²) in [5, 5.41) is 0. The number of nitrogens with one attached hydrogen (secondary N) is 1. The maximum absolute atomic E-state index is 5.08. The van der Waals surface area contributed by atoms with Crippen LogP contribution in [0.25, 0.3) is 11.0 Å². The van der Waals surface area contributed by atoms with Crippen molar-refractivity contribution >= 4 is 11.0 Å². The molecule has 27 heavy (non-hydrogen) atoms. The molecular weight excluding hydrogens is 338 g/mol. The van der Waals surface area contributed by atoms with E-state index in [1.54, 1.807) is 7.11 Å². The van der Waals surface area contributed by atoms with E-state index in [4.69, 9.17) is 9.72 Å². The normalized spacial score (nSPS) is 18.2. The lowest BCUT2D eigenvalue weighted by atomic mass is 9.97. The van der Waals surface area contributed by atoms with Gasteiger partial charge < -0.3 is 9.72 Å². The molecule has 0 aliphatic carbocycles. The summed E-state index contributed by atoms with van der Waals surface area (Å²) in [5.41, 5.74) is 4.64. The van der Waals surface area contributed by atoms with Crippen molar-refractivity contribution in [3.05, 3.63) is 53.4 Å². The first-order valence-electron chi connectivity index (χ1n) is 9.69. The molecule has 0 spiro atoms. The van der Waals surface area contributed by atoms with Gasteiger partial charge in [-0.2, -0.15) is 0 Å². The van der Waals surface area contributed by atoms with E-state index < -0.39 is 0 Å². The predicted molar refractivity (Wildman–Crippen MR) is 106 cm³/mol. The molecule has 6 heteroatoms. The number of H-pyrrole nitrogens is 1. The van der Waals surface area contributed by atoms with Gasteiger partial charge in [-0.3, -0.25) is 4.90 Å². The summed E-state index contributed by atoms with van der Waals surface area (Å²) in [5.74, 6) is 2.41. The molecule has 3 aromatic rings. The minimum atomic E-state index is 0.451. The second-order valence-corrected chi connectivity index (χ2v) is 7.42. The third-order valence-electron chi connectivity index (χ3n) is 5.32. The molecule has 1 aromatic carbocycles. The molecule has 0 bridgehead atoms. The highest BCUT2D eigenvalue weighted by atomic mass is 16.5. The van der Waals surface area contributed by atoms with Crippen molar-refractivity contribution in [2.75, 3.05) is 26.8 Å². The Morgan fingerprint density at radius 1 is 1.26 bits per heavy atom. The number of hydrogen-bond donors (Lipinski definition) is 1. The minimum Gasteiger partial charge on any atom is -0.384 e. The van der Waals surface area contributed by atoms with Crippen LogP contribution >= 0.6 is 0 Å². The van der Waals surface area contributed by atoms with Crippen molar-refractivity contribution in [3.63, 3.8) is 0 Å². The molecular formula is C21H27N5O. The van der Waals surface area contributed by atoms with Gasteiger partial charge in [-0.1, -0.05) is 12.1 Å². The number of hydrogen-bond acceptors (Lipinski definition) is 5. The Labute approximate surface area is 160 Å². The van der Waals surface area contributed by atoms with E-state index in [1.807, 2.05) is 12.4 Å². The Hall–Kier alpha value is -2.31. The van der Waals surface area contributed by atoms with Gasteiger partial charge in [0, 0.05) is 50.5 Å². The molecule has 1 saturated heterocycles. The van der Waals surface area contributed by atoms with Gasteiger partial charge in [0.05, 0.1) is 17.6 Å². The minimum absolute atomic E-state index is 0.451. The largest absolute Gasteiger partial charge is 0.384 e. The summed E-state index contributed by atoms with van der Waals surface area (Å²) in [6, 6.07) is 6.32.